The largest absolute Gasteiger partial charge is 0.349 e. The Labute approximate surface area is 202 Å². The Balaban J connectivity index is 1.48. The van der Waals surface area contributed by atoms with Crippen molar-refractivity contribution in [2.45, 2.75) is 58.4 Å². The fraction of sp³-hybridized carbons (Fsp3) is 0.519. The van der Waals surface area contributed by atoms with Gasteiger partial charge in [0.2, 0.25) is 5.91 Å². The maximum Gasteiger partial charge on any atom is 0.255 e. The van der Waals surface area contributed by atoms with Crippen molar-refractivity contribution < 1.29 is 14.4 Å². The topological polar surface area (TPSA) is 90.5 Å². The predicted octanol–water partition coefficient (Wildman–Crippen LogP) is 2.85. The van der Waals surface area contributed by atoms with Gasteiger partial charge in [-0.15, -0.1) is 0 Å². The van der Waals surface area contributed by atoms with Crippen LogP contribution in [0.5, 0.6) is 0 Å². The Morgan fingerprint density at radius 1 is 1.06 bits per heavy atom. The maximum atomic E-state index is 13.3. The zero-order valence-electron chi connectivity index (χ0n) is 20.2. The molecule has 0 saturated carbocycles. The zero-order valence-corrected chi connectivity index (χ0v) is 20.2. The first-order valence-corrected chi connectivity index (χ1v) is 12.6. The highest BCUT2D eigenvalue weighted by atomic mass is 16.2. The van der Waals surface area contributed by atoms with Crippen LogP contribution in [-0.2, 0) is 14.4 Å². The second-order valence-corrected chi connectivity index (χ2v) is 9.82. The number of piperidine rings is 2. The van der Waals surface area contributed by atoms with E-state index in [0.29, 0.717) is 35.7 Å². The summed E-state index contributed by atoms with van der Waals surface area (Å²) in [6, 6.07) is 0.152. The molecule has 2 aliphatic carbocycles. The van der Waals surface area contributed by atoms with Gasteiger partial charge < -0.3 is 20.9 Å². The number of likely N-dealkylation sites (tertiary alicyclic amines) is 1. The highest BCUT2D eigenvalue weighted by Crippen LogP contribution is 2.26. The van der Waals surface area contributed by atoms with Gasteiger partial charge >= 0.3 is 0 Å². The highest BCUT2D eigenvalue weighted by Gasteiger charge is 2.27. The Bertz CT molecular complexity index is 982. The lowest BCUT2D eigenvalue weighted by Crippen LogP contribution is -2.44. The van der Waals surface area contributed by atoms with Crippen LogP contribution in [0.3, 0.4) is 0 Å². The standard InChI is InChI=1S/C27H36N4O3/c1-18-7-9-20(16-22(15-18)31-17-19(2)8-10-25(31)32)26(33)30-24-6-4-3-5-23(24)27(34)29-21-11-13-28-14-12-21/h5-7,9,15-16,18-19,21,28H,3-4,8,10-14,17H2,1-2H3,(H,29,34)(H,30,33). The van der Waals surface area contributed by atoms with E-state index in [0.717, 1.165) is 50.9 Å². The predicted molar refractivity (Wildman–Crippen MR) is 132 cm³/mol. The average molecular weight is 465 g/mol. The van der Waals surface area contributed by atoms with Crippen molar-refractivity contribution >= 4 is 17.7 Å². The van der Waals surface area contributed by atoms with E-state index in [1.165, 1.54) is 0 Å². The molecule has 4 aliphatic rings. The fourth-order valence-corrected chi connectivity index (χ4v) is 4.84. The first-order valence-electron chi connectivity index (χ1n) is 12.6. The molecule has 3 amide bonds. The van der Waals surface area contributed by atoms with Gasteiger partial charge in [0.15, 0.2) is 0 Å². The van der Waals surface area contributed by atoms with E-state index < -0.39 is 0 Å². The van der Waals surface area contributed by atoms with Crippen molar-refractivity contribution in [3.8, 4) is 0 Å². The normalized spacial score (nSPS) is 26.1. The summed E-state index contributed by atoms with van der Waals surface area (Å²) >= 11 is 0. The van der Waals surface area contributed by atoms with Crippen LogP contribution in [0.1, 0.15) is 52.4 Å². The number of nitrogens with one attached hydrogen (secondary N) is 3. The SMILES string of the molecule is CC1C=CC(C(=O)NC2=CCCC=C2C(=O)NC2CCNCC2)=CC(N2CC(C)CCC2=O)=C1. The van der Waals surface area contributed by atoms with Crippen LogP contribution in [-0.4, -0.2) is 48.3 Å². The number of allylic oxidation sites excluding steroid dienone is 5. The summed E-state index contributed by atoms with van der Waals surface area (Å²) < 4.78 is 0. The molecule has 2 fully saturated rings. The molecule has 34 heavy (non-hydrogen) atoms. The van der Waals surface area contributed by atoms with E-state index in [4.69, 9.17) is 0 Å². The van der Waals surface area contributed by atoms with Crippen LogP contribution in [0.4, 0.5) is 0 Å². The van der Waals surface area contributed by atoms with Gasteiger partial charge in [-0.05, 0) is 63.1 Å². The van der Waals surface area contributed by atoms with Crippen LogP contribution in [0, 0.1) is 11.8 Å². The molecule has 7 nitrogen and oxygen atoms in total. The Morgan fingerprint density at radius 2 is 1.82 bits per heavy atom. The van der Waals surface area contributed by atoms with Crippen molar-refractivity contribution in [3.63, 3.8) is 0 Å². The Morgan fingerprint density at radius 3 is 2.62 bits per heavy atom. The van der Waals surface area contributed by atoms with E-state index in [2.05, 4.69) is 22.9 Å². The van der Waals surface area contributed by atoms with Gasteiger partial charge in [0, 0.05) is 36.0 Å². The summed E-state index contributed by atoms with van der Waals surface area (Å²) in [5.41, 5.74) is 2.34. The van der Waals surface area contributed by atoms with Crippen LogP contribution >= 0.6 is 0 Å². The van der Waals surface area contributed by atoms with Gasteiger partial charge in [-0.2, -0.15) is 0 Å². The summed E-state index contributed by atoms with van der Waals surface area (Å²) in [5.74, 6) is 0.216. The van der Waals surface area contributed by atoms with Crippen molar-refractivity contribution in [2.24, 2.45) is 11.8 Å². The van der Waals surface area contributed by atoms with E-state index >= 15 is 0 Å². The van der Waals surface area contributed by atoms with Crippen LogP contribution in [0.15, 0.2) is 59.0 Å². The van der Waals surface area contributed by atoms with Crippen LogP contribution < -0.4 is 16.0 Å². The van der Waals surface area contributed by atoms with E-state index in [9.17, 15) is 14.4 Å². The number of hydrogen-bond donors (Lipinski definition) is 3. The quantitative estimate of drug-likeness (QED) is 0.584. The van der Waals surface area contributed by atoms with Crippen molar-refractivity contribution in [2.75, 3.05) is 19.6 Å². The first kappa shape index (κ1) is 24.2. The summed E-state index contributed by atoms with van der Waals surface area (Å²) in [6.45, 7) is 6.65. The maximum absolute atomic E-state index is 13.3. The van der Waals surface area contributed by atoms with E-state index in [-0.39, 0.29) is 29.7 Å². The third kappa shape index (κ3) is 5.95. The summed E-state index contributed by atoms with van der Waals surface area (Å²) in [5, 5.41) is 9.40. The molecule has 0 radical (unpaired) electrons. The van der Waals surface area contributed by atoms with Gasteiger partial charge in [-0.1, -0.05) is 44.2 Å². The monoisotopic (exact) mass is 464 g/mol. The molecule has 0 aromatic heterocycles. The number of hydrogen-bond acceptors (Lipinski definition) is 4. The molecule has 2 aliphatic heterocycles. The lowest BCUT2D eigenvalue weighted by Gasteiger charge is -2.32. The molecule has 0 aromatic rings. The van der Waals surface area contributed by atoms with Gasteiger partial charge in [-0.25, -0.2) is 0 Å². The Kier molecular flexibility index (Phi) is 7.83. The lowest BCUT2D eigenvalue weighted by atomic mass is 9.98. The number of amides is 3. The fourth-order valence-electron chi connectivity index (χ4n) is 4.84. The molecule has 4 rings (SSSR count). The highest BCUT2D eigenvalue weighted by molar-refractivity contribution is 6.03. The number of nitrogens with zero attached hydrogens (tertiary/aromatic N) is 1. The van der Waals surface area contributed by atoms with Crippen LogP contribution in [0.25, 0.3) is 0 Å². The lowest BCUT2D eigenvalue weighted by molar-refractivity contribution is -0.132. The van der Waals surface area contributed by atoms with Crippen molar-refractivity contribution in [3.05, 3.63) is 59.0 Å². The summed E-state index contributed by atoms with van der Waals surface area (Å²) in [6.07, 6.45) is 16.2. The zero-order chi connectivity index (χ0) is 24.1. The number of rotatable bonds is 5. The molecule has 182 valence electrons. The summed E-state index contributed by atoms with van der Waals surface area (Å²) in [4.78, 5) is 40.7. The number of carbonyl (C=O) groups excluding carboxylic acids is 3. The summed E-state index contributed by atoms with van der Waals surface area (Å²) in [7, 11) is 0. The van der Waals surface area contributed by atoms with Gasteiger partial charge in [-0.3, -0.25) is 14.4 Å². The second-order valence-electron chi connectivity index (χ2n) is 9.82. The molecular weight excluding hydrogens is 428 g/mol. The molecule has 0 aromatic carbocycles. The Hall–Kier alpha value is -2.93. The minimum Gasteiger partial charge on any atom is -0.349 e. The minimum atomic E-state index is -0.275. The molecule has 2 heterocycles. The first-order chi connectivity index (χ1) is 16.4. The molecule has 2 unspecified atom stereocenters. The van der Waals surface area contributed by atoms with E-state index in [1.54, 1.807) is 6.08 Å². The van der Waals surface area contributed by atoms with Crippen LogP contribution in [0.2, 0.25) is 0 Å². The van der Waals surface area contributed by atoms with Gasteiger partial charge in [0.25, 0.3) is 11.8 Å². The smallest absolute Gasteiger partial charge is 0.255 e. The molecule has 0 bridgehead atoms. The molecule has 3 N–H and O–H groups in total. The van der Waals surface area contributed by atoms with Gasteiger partial charge in [0.05, 0.1) is 5.57 Å². The van der Waals surface area contributed by atoms with Crippen molar-refractivity contribution in [1.82, 2.24) is 20.9 Å². The second kappa shape index (κ2) is 11.0. The van der Waals surface area contributed by atoms with E-state index in [1.807, 2.05) is 42.2 Å². The van der Waals surface area contributed by atoms with Gasteiger partial charge in [0.1, 0.15) is 0 Å². The number of carbonyl (C=O) groups is 3. The van der Waals surface area contributed by atoms with Crippen molar-refractivity contribution in [1.29, 1.82) is 0 Å². The molecule has 2 saturated heterocycles. The third-order valence-electron chi connectivity index (χ3n) is 6.86. The molecular formula is C27H36N4O3. The molecule has 7 heteroatoms. The third-order valence-corrected chi connectivity index (χ3v) is 6.86. The minimum absolute atomic E-state index is 0.0988. The molecule has 2 atom stereocenters. The molecule has 0 spiro atoms. The average Bonchev–Trinajstić information content (AvgIpc) is 3.03.